The number of rotatable bonds is 7. The first kappa shape index (κ1) is 17.6. The monoisotopic (exact) mass is 357 g/mol. The molecule has 1 atom stereocenters. The smallest absolute Gasteiger partial charge is 0.271 e. The second-order valence-corrected chi connectivity index (χ2v) is 5.67. The van der Waals surface area contributed by atoms with Crippen LogP contribution in [0.1, 0.15) is 35.2 Å². The van der Waals surface area contributed by atoms with Gasteiger partial charge in [-0.15, -0.1) is 0 Å². The maximum absolute atomic E-state index is 12.4. The van der Waals surface area contributed by atoms with Crippen molar-refractivity contribution in [3.05, 3.63) is 64.2 Å². The second-order valence-electron chi connectivity index (χ2n) is 5.67. The van der Waals surface area contributed by atoms with Crippen LogP contribution in [0.25, 0.3) is 5.69 Å². The fourth-order valence-electron chi connectivity index (χ4n) is 2.36. The number of para-hydroxylation sites is 1. The molecule has 9 heteroatoms. The van der Waals surface area contributed by atoms with Gasteiger partial charge in [-0.1, -0.05) is 23.4 Å². The van der Waals surface area contributed by atoms with Crippen molar-refractivity contribution >= 4 is 5.91 Å². The Morgan fingerprint density at radius 2 is 2.15 bits per heavy atom. The fraction of sp³-hybridized carbons (Fsp3) is 0.294. The average molecular weight is 357 g/mol. The van der Waals surface area contributed by atoms with Crippen molar-refractivity contribution in [1.29, 1.82) is 0 Å². The number of carbonyl (C=O) groups is 1. The molecule has 0 unspecified atom stereocenters. The number of hydrogen-bond donors (Lipinski definition) is 2. The van der Waals surface area contributed by atoms with E-state index in [-0.39, 0.29) is 17.1 Å². The lowest BCUT2D eigenvalue weighted by atomic mass is 10.3. The van der Waals surface area contributed by atoms with Crippen molar-refractivity contribution in [2.75, 3.05) is 13.7 Å². The molecule has 0 fully saturated rings. The number of aromatic amines is 1. The van der Waals surface area contributed by atoms with Crippen LogP contribution >= 0.6 is 0 Å². The third kappa shape index (κ3) is 3.89. The number of nitrogens with zero attached hydrogens (tertiary/aromatic N) is 3. The molecule has 9 nitrogen and oxygen atoms in total. The van der Waals surface area contributed by atoms with Crippen molar-refractivity contribution in [3.63, 3.8) is 0 Å². The van der Waals surface area contributed by atoms with Crippen LogP contribution < -0.4 is 10.9 Å². The van der Waals surface area contributed by atoms with Crippen LogP contribution in [-0.2, 0) is 11.2 Å². The molecule has 3 rings (SSSR count). The SMILES string of the molecule is COCCc1noc([C@@H](C)NC(=O)c2cc(=O)n(-c3ccccc3)[nH]2)n1. The highest BCUT2D eigenvalue weighted by atomic mass is 16.5. The Bertz CT molecular complexity index is 928. The van der Waals surface area contributed by atoms with Gasteiger partial charge in [0.25, 0.3) is 11.5 Å². The van der Waals surface area contributed by atoms with E-state index in [9.17, 15) is 9.59 Å². The number of H-pyrrole nitrogens is 1. The maximum atomic E-state index is 12.4. The quantitative estimate of drug-likeness (QED) is 0.657. The Morgan fingerprint density at radius 1 is 1.38 bits per heavy atom. The summed E-state index contributed by atoms with van der Waals surface area (Å²) < 4.78 is 11.4. The van der Waals surface area contributed by atoms with Crippen molar-refractivity contribution in [2.24, 2.45) is 0 Å². The van der Waals surface area contributed by atoms with E-state index in [0.29, 0.717) is 24.5 Å². The van der Waals surface area contributed by atoms with Gasteiger partial charge in [0, 0.05) is 19.6 Å². The Kier molecular flexibility index (Phi) is 5.28. The van der Waals surface area contributed by atoms with E-state index in [1.165, 1.54) is 10.7 Å². The lowest BCUT2D eigenvalue weighted by Gasteiger charge is -2.08. The van der Waals surface area contributed by atoms with Gasteiger partial charge in [0.05, 0.1) is 12.3 Å². The summed E-state index contributed by atoms with van der Waals surface area (Å²) in [6.45, 7) is 2.20. The number of methoxy groups -OCH3 is 1. The van der Waals surface area contributed by atoms with E-state index in [4.69, 9.17) is 9.26 Å². The van der Waals surface area contributed by atoms with Crippen LogP contribution in [-0.4, -0.2) is 39.5 Å². The summed E-state index contributed by atoms with van der Waals surface area (Å²) in [4.78, 5) is 28.7. The largest absolute Gasteiger partial charge is 0.384 e. The maximum Gasteiger partial charge on any atom is 0.271 e. The third-order valence-electron chi connectivity index (χ3n) is 3.71. The molecule has 2 aromatic heterocycles. The number of benzene rings is 1. The minimum atomic E-state index is -0.505. The first-order valence-electron chi connectivity index (χ1n) is 8.08. The summed E-state index contributed by atoms with van der Waals surface area (Å²) in [6, 6.07) is 9.73. The van der Waals surface area contributed by atoms with Crippen molar-refractivity contribution in [1.82, 2.24) is 25.2 Å². The van der Waals surface area contributed by atoms with Crippen LogP contribution in [0.4, 0.5) is 0 Å². The van der Waals surface area contributed by atoms with Crippen molar-refractivity contribution in [3.8, 4) is 5.69 Å². The molecule has 0 aliphatic rings. The van der Waals surface area contributed by atoms with Crippen LogP contribution in [0.5, 0.6) is 0 Å². The highest BCUT2D eigenvalue weighted by molar-refractivity contribution is 5.92. The fourth-order valence-corrected chi connectivity index (χ4v) is 2.36. The molecule has 0 aliphatic heterocycles. The van der Waals surface area contributed by atoms with Gasteiger partial charge in [0.15, 0.2) is 5.82 Å². The molecule has 26 heavy (non-hydrogen) atoms. The Balaban J connectivity index is 1.70. The highest BCUT2D eigenvalue weighted by Gasteiger charge is 2.19. The summed E-state index contributed by atoms with van der Waals surface area (Å²) in [5, 5.41) is 9.35. The van der Waals surface area contributed by atoms with E-state index < -0.39 is 11.9 Å². The van der Waals surface area contributed by atoms with Crippen LogP contribution in [0.2, 0.25) is 0 Å². The van der Waals surface area contributed by atoms with Gasteiger partial charge in [-0.05, 0) is 19.1 Å². The van der Waals surface area contributed by atoms with Crippen molar-refractivity contribution < 1.29 is 14.1 Å². The zero-order valence-electron chi connectivity index (χ0n) is 14.4. The minimum absolute atomic E-state index is 0.143. The molecule has 2 N–H and O–H groups in total. The molecular weight excluding hydrogens is 338 g/mol. The lowest BCUT2D eigenvalue weighted by molar-refractivity contribution is 0.0927. The van der Waals surface area contributed by atoms with Gasteiger partial charge in [-0.3, -0.25) is 14.7 Å². The summed E-state index contributed by atoms with van der Waals surface area (Å²) in [5.41, 5.74) is 0.461. The van der Waals surface area contributed by atoms with Gasteiger partial charge in [-0.2, -0.15) is 4.98 Å². The normalized spacial score (nSPS) is 12.1. The number of carbonyl (C=O) groups excluding carboxylic acids is 1. The third-order valence-corrected chi connectivity index (χ3v) is 3.71. The molecule has 2 heterocycles. The number of hydrogen-bond acceptors (Lipinski definition) is 6. The molecule has 3 aromatic rings. The minimum Gasteiger partial charge on any atom is -0.384 e. The Labute approximate surface area is 149 Å². The first-order valence-corrected chi connectivity index (χ1v) is 8.08. The van der Waals surface area contributed by atoms with E-state index >= 15 is 0 Å². The second kappa shape index (κ2) is 7.79. The van der Waals surface area contributed by atoms with E-state index in [2.05, 4.69) is 20.6 Å². The van der Waals surface area contributed by atoms with E-state index in [1.54, 1.807) is 38.3 Å². The number of amides is 1. The van der Waals surface area contributed by atoms with Crippen LogP contribution in [0.3, 0.4) is 0 Å². The molecule has 0 saturated heterocycles. The molecule has 0 spiro atoms. The van der Waals surface area contributed by atoms with E-state index in [1.807, 2.05) is 6.07 Å². The van der Waals surface area contributed by atoms with Gasteiger partial charge in [0.2, 0.25) is 5.89 Å². The number of aromatic nitrogens is 4. The summed E-state index contributed by atoms with van der Waals surface area (Å²) >= 11 is 0. The molecule has 0 saturated carbocycles. The molecule has 0 radical (unpaired) electrons. The predicted molar refractivity (Wildman–Crippen MR) is 92.1 cm³/mol. The number of ether oxygens (including phenoxy) is 1. The zero-order chi connectivity index (χ0) is 18.5. The highest BCUT2D eigenvalue weighted by Crippen LogP contribution is 2.11. The molecule has 0 aliphatic carbocycles. The van der Waals surface area contributed by atoms with Gasteiger partial charge in [-0.25, -0.2) is 4.68 Å². The van der Waals surface area contributed by atoms with E-state index in [0.717, 1.165) is 0 Å². The summed E-state index contributed by atoms with van der Waals surface area (Å²) in [5.74, 6) is 0.349. The van der Waals surface area contributed by atoms with Gasteiger partial charge >= 0.3 is 0 Å². The topological polar surface area (TPSA) is 115 Å². The van der Waals surface area contributed by atoms with Gasteiger partial charge < -0.3 is 14.6 Å². The standard InChI is InChI=1S/C17H19N5O4/c1-11(17-19-14(21-26-17)8-9-25-2)18-16(24)13-10-15(23)22(20-13)12-6-4-3-5-7-12/h3-7,10-11,20H,8-9H2,1-2H3,(H,18,24)/t11-/m1/s1. The predicted octanol–water partition coefficient (Wildman–Crippen LogP) is 1.23. The molecule has 136 valence electrons. The molecule has 0 bridgehead atoms. The first-order chi connectivity index (χ1) is 12.6. The Morgan fingerprint density at radius 3 is 2.88 bits per heavy atom. The van der Waals surface area contributed by atoms with Crippen LogP contribution in [0, 0.1) is 0 Å². The summed E-state index contributed by atoms with van der Waals surface area (Å²) in [6.07, 6.45) is 0.522. The molecular formula is C17H19N5O4. The zero-order valence-corrected chi connectivity index (χ0v) is 14.4. The number of nitrogens with one attached hydrogen (secondary N) is 2. The molecule has 1 aromatic carbocycles. The lowest BCUT2D eigenvalue weighted by Crippen LogP contribution is -2.27. The Hall–Kier alpha value is -3.20. The summed E-state index contributed by atoms with van der Waals surface area (Å²) in [7, 11) is 1.59. The van der Waals surface area contributed by atoms with Crippen LogP contribution in [0.15, 0.2) is 45.7 Å². The van der Waals surface area contributed by atoms with Crippen molar-refractivity contribution in [2.45, 2.75) is 19.4 Å². The van der Waals surface area contributed by atoms with Gasteiger partial charge in [0.1, 0.15) is 11.7 Å². The average Bonchev–Trinajstić information content (AvgIpc) is 3.27. The molecule has 1 amide bonds.